The quantitative estimate of drug-likeness (QED) is 0.420. The highest BCUT2D eigenvalue weighted by Gasteiger charge is 2.28. The number of aliphatic carboxylic acids is 1. The number of carboxylic acids is 1. The molecule has 0 aliphatic heterocycles. The smallest absolute Gasteiger partial charge is 0.407 e. The van der Waals surface area contributed by atoms with E-state index in [1.54, 1.807) is 12.1 Å². The van der Waals surface area contributed by atoms with Gasteiger partial charge in [0.05, 0.1) is 12.2 Å². The van der Waals surface area contributed by atoms with Gasteiger partial charge >= 0.3 is 12.1 Å². The number of hydrogen-bond donors (Lipinski definition) is 3. The molecule has 4 rings (SSSR count). The molecule has 3 N–H and O–H groups in total. The van der Waals surface area contributed by atoms with Gasteiger partial charge in [0.1, 0.15) is 6.61 Å². The number of pyridine rings is 1. The number of carbonyl (C=O) groups is 3. The molecule has 0 bridgehead atoms. The lowest BCUT2D eigenvalue weighted by Gasteiger charge is -2.14. The number of fused-ring (bicyclic) bond motifs is 3. The monoisotopic (exact) mass is 459 g/mol. The van der Waals surface area contributed by atoms with Crippen molar-refractivity contribution in [1.29, 1.82) is 0 Å². The summed E-state index contributed by atoms with van der Waals surface area (Å²) in [4.78, 5) is 39.3. The van der Waals surface area contributed by atoms with Crippen LogP contribution in [0.5, 0.6) is 0 Å². The summed E-state index contributed by atoms with van der Waals surface area (Å²) in [6, 6.07) is 19.4. The van der Waals surface area contributed by atoms with Crippen molar-refractivity contribution in [2.75, 3.05) is 13.2 Å². The Morgan fingerprint density at radius 1 is 0.941 bits per heavy atom. The van der Waals surface area contributed by atoms with Gasteiger partial charge in [-0.2, -0.15) is 0 Å². The van der Waals surface area contributed by atoms with Crippen LogP contribution in [0.25, 0.3) is 11.1 Å². The Bertz CT molecular complexity index is 1160. The molecule has 3 aromatic rings. The van der Waals surface area contributed by atoms with Crippen molar-refractivity contribution in [2.24, 2.45) is 0 Å². The van der Waals surface area contributed by atoms with E-state index >= 15 is 0 Å². The fourth-order valence-corrected chi connectivity index (χ4v) is 4.07. The van der Waals surface area contributed by atoms with Gasteiger partial charge in [-0.3, -0.25) is 14.6 Å². The molecule has 8 heteroatoms. The average Bonchev–Trinajstić information content (AvgIpc) is 3.18. The Morgan fingerprint density at radius 3 is 2.29 bits per heavy atom. The van der Waals surface area contributed by atoms with Crippen LogP contribution in [0.2, 0.25) is 0 Å². The molecule has 0 fully saturated rings. The Morgan fingerprint density at radius 2 is 1.62 bits per heavy atom. The van der Waals surface area contributed by atoms with Crippen LogP contribution in [0.1, 0.15) is 45.9 Å². The second-order valence-corrected chi connectivity index (χ2v) is 7.97. The summed E-state index contributed by atoms with van der Waals surface area (Å²) >= 11 is 0. The van der Waals surface area contributed by atoms with Crippen molar-refractivity contribution in [3.8, 4) is 11.1 Å². The normalized spacial score (nSPS) is 11.9. The number of rotatable bonds is 9. The summed E-state index contributed by atoms with van der Waals surface area (Å²) in [5.74, 6) is -1.25. The van der Waals surface area contributed by atoms with Crippen molar-refractivity contribution in [3.63, 3.8) is 0 Å². The molecule has 0 saturated heterocycles. The number of benzene rings is 2. The van der Waals surface area contributed by atoms with E-state index in [0.717, 1.165) is 22.3 Å². The standard InChI is InChI=1S/C26H25N3O5/c30-24(31)10-5-12-28-25(32)17-11-13-27-18(14-17)15-29-26(33)34-16-23-21-8-3-1-6-19(21)20-7-2-4-9-22(20)23/h1-4,6-9,11,13-14,23H,5,10,12,15-16H2,(H,28,32)(H,29,33)(H,30,31). The molecule has 2 aromatic carbocycles. The first-order chi connectivity index (χ1) is 16.5. The molecule has 0 spiro atoms. The lowest BCUT2D eigenvalue weighted by atomic mass is 9.98. The zero-order valence-electron chi connectivity index (χ0n) is 18.5. The number of aromatic nitrogens is 1. The molecule has 0 atom stereocenters. The minimum Gasteiger partial charge on any atom is -0.481 e. The predicted molar refractivity (Wildman–Crippen MR) is 125 cm³/mol. The molecule has 1 aliphatic rings. The van der Waals surface area contributed by atoms with Crippen LogP contribution < -0.4 is 10.6 Å². The molecule has 1 aliphatic carbocycles. The van der Waals surface area contributed by atoms with E-state index in [-0.39, 0.29) is 37.9 Å². The number of carbonyl (C=O) groups excluding carboxylic acids is 2. The van der Waals surface area contributed by atoms with Crippen LogP contribution in [0, 0.1) is 0 Å². The van der Waals surface area contributed by atoms with Crippen molar-refractivity contribution >= 4 is 18.0 Å². The molecule has 1 aromatic heterocycles. The molecular weight excluding hydrogens is 434 g/mol. The molecule has 0 saturated carbocycles. The van der Waals surface area contributed by atoms with Crippen LogP contribution >= 0.6 is 0 Å². The number of nitrogens with one attached hydrogen (secondary N) is 2. The molecule has 174 valence electrons. The van der Waals surface area contributed by atoms with Crippen LogP contribution in [-0.2, 0) is 16.1 Å². The number of ether oxygens (including phenoxy) is 1. The van der Waals surface area contributed by atoms with Gasteiger partial charge < -0.3 is 20.5 Å². The van der Waals surface area contributed by atoms with Crippen molar-refractivity contribution in [1.82, 2.24) is 15.6 Å². The highest BCUT2D eigenvalue weighted by atomic mass is 16.5. The van der Waals surface area contributed by atoms with Crippen molar-refractivity contribution in [3.05, 3.63) is 89.2 Å². The molecule has 34 heavy (non-hydrogen) atoms. The van der Waals surface area contributed by atoms with Crippen LogP contribution in [0.4, 0.5) is 4.79 Å². The number of amides is 2. The van der Waals surface area contributed by atoms with E-state index in [9.17, 15) is 14.4 Å². The first-order valence-corrected chi connectivity index (χ1v) is 11.1. The molecule has 1 heterocycles. The second kappa shape index (κ2) is 10.6. The lowest BCUT2D eigenvalue weighted by Crippen LogP contribution is -2.27. The Labute approximate surface area is 197 Å². The Kier molecular flexibility index (Phi) is 7.17. The second-order valence-electron chi connectivity index (χ2n) is 7.97. The minimum atomic E-state index is -0.903. The third-order valence-corrected chi connectivity index (χ3v) is 5.69. The van der Waals surface area contributed by atoms with Crippen molar-refractivity contribution in [2.45, 2.75) is 25.3 Å². The SMILES string of the molecule is O=C(O)CCCNC(=O)c1ccnc(CNC(=O)OCC2c3ccccc3-c3ccccc32)c1. The molecule has 2 amide bonds. The van der Waals surface area contributed by atoms with Crippen LogP contribution in [0.3, 0.4) is 0 Å². The van der Waals surface area contributed by atoms with Gasteiger partial charge in [-0.05, 0) is 40.8 Å². The third kappa shape index (κ3) is 5.40. The first-order valence-electron chi connectivity index (χ1n) is 11.1. The Balaban J connectivity index is 1.29. The number of nitrogens with zero attached hydrogens (tertiary/aromatic N) is 1. The van der Waals surface area contributed by atoms with E-state index < -0.39 is 12.1 Å². The van der Waals surface area contributed by atoms with E-state index in [4.69, 9.17) is 9.84 Å². The summed E-state index contributed by atoms with van der Waals surface area (Å²) in [7, 11) is 0. The third-order valence-electron chi connectivity index (χ3n) is 5.69. The highest BCUT2D eigenvalue weighted by molar-refractivity contribution is 5.94. The van der Waals surface area contributed by atoms with Gasteiger partial charge in [-0.15, -0.1) is 0 Å². The van der Waals surface area contributed by atoms with E-state index in [0.29, 0.717) is 17.7 Å². The van der Waals surface area contributed by atoms with E-state index in [2.05, 4.69) is 39.9 Å². The van der Waals surface area contributed by atoms with Crippen molar-refractivity contribution < 1.29 is 24.2 Å². The molecule has 8 nitrogen and oxygen atoms in total. The van der Waals surface area contributed by atoms with Gasteiger partial charge in [-0.1, -0.05) is 48.5 Å². The van der Waals surface area contributed by atoms with Crippen LogP contribution in [-0.4, -0.2) is 41.2 Å². The summed E-state index contributed by atoms with van der Waals surface area (Å²) in [6.45, 7) is 0.587. The molecule has 0 unspecified atom stereocenters. The zero-order valence-corrected chi connectivity index (χ0v) is 18.5. The summed E-state index contributed by atoms with van der Waals surface area (Å²) in [6.07, 6.45) is 1.27. The fourth-order valence-electron chi connectivity index (χ4n) is 4.07. The number of alkyl carbamates (subject to hydrolysis) is 1. The Hall–Kier alpha value is -4.20. The maximum Gasteiger partial charge on any atom is 0.407 e. The maximum atomic E-state index is 12.4. The topological polar surface area (TPSA) is 118 Å². The lowest BCUT2D eigenvalue weighted by molar-refractivity contribution is -0.137. The summed E-state index contributed by atoms with van der Waals surface area (Å²) < 4.78 is 5.52. The minimum absolute atomic E-state index is 0.00800. The van der Waals surface area contributed by atoms with E-state index in [1.807, 2.05) is 24.3 Å². The van der Waals surface area contributed by atoms with Gasteiger partial charge in [0.15, 0.2) is 0 Å². The van der Waals surface area contributed by atoms with Gasteiger partial charge in [0.25, 0.3) is 5.91 Å². The maximum absolute atomic E-state index is 12.4. The molecular formula is C26H25N3O5. The number of hydrogen-bond acceptors (Lipinski definition) is 5. The van der Waals surface area contributed by atoms with Gasteiger partial charge in [-0.25, -0.2) is 4.79 Å². The highest BCUT2D eigenvalue weighted by Crippen LogP contribution is 2.44. The predicted octanol–water partition coefficient (Wildman–Crippen LogP) is 3.71. The first kappa shape index (κ1) is 23.0. The van der Waals surface area contributed by atoms with Gasteiger partial charge in [0.2, 0.25) is 0 Å². The van der Waals surface area contributed by atoms with E-state index in [1.165, 1.54) is 6.20 Å². The molecule has 0 radical (unpaired) electrons. The van der Waals surface area contributed by atoms with Gasteiger partial charge in [0, 0.05) is 30.6 Å². The average molecular weight is 460 g/mol. The summed E-state index contributed by atoms with van der Waals surface area (Å²) in [5, 5.41) is 14.0. The fraction of sp³-hybridized carbons (Fsp3) is 0.231. The zero-order chi connectivity index (χ0) is 23.9. The summed E-state index contributed by atoms with van der Waals surface area (Å²) in [5.41, 5.74) is 5.49. The largest absolute Gasteiger partial charge is 0.481 e. The number of carboxylic acid groups (broad SMARTS) is 1. The van der Waals surface area contributed by atoms with Crippen LogP contribution in [0.15, 0.2) is 66.9 Å².